The molecule has 0 aromatic heterocycles. The zero-order valence-corrected chi connectivity index (χ0v) is 15.4. The van der Waals surface area contributed by atoms with E-state index < -0.39 is 4.92 Å². The first-order valence-corrected chi connectivity index (χ1v) is 8.36. The molecule has 1 unspecified atom stereocenters. The van der Waals surface area contributed by atoms with Gasteiger partial charge in [0, 0.05) is 11.6 Å². The Labute approximate surface area is 149 Å². The molecule has 25 heavy (non-hydrogen) atoms. The molecule has 0 aliphatic rings. The van der Waals surface area contributed by atoms with E-state index in [1.165, 1.54) is 6.07 Å². The van der Waals surface area contributed by atoms with Gasteiger partial charge in [-0.05, 0) is 25.5 Å². The molecule has 0 aliphatic carbocycles. The maximum Gasteiger partial charge on any atom is 0.313 e. The van der Waals surface area contributed by atoms with E-state index in [1.54, 1.807) is 19.1 Å². The van der Waals surface area contributed by atoms with Crippen molar-refractivity contribution >= 4 is 20.9 Å². The molecule has 0 saturated heterocycles. The van der Waals surface area contributed by atoms with Gasteiger partial charge in [-0.25, -0.2) is 0 Å². The maximum atomic E-state index is 12.2. The first kappa shape index (κ1) is 19.0. The van der Waals surface area contributed by atoms with Gasteiger partial charge in [-0.1, -0.05) is 51.9 Å². The van der Waals surface area contributed by atoms with Gasteiger partial charge in [0.05, 0.1) is 11.5 Å². The number of ether oxygens (including phenoxy) is 1. The van der Waals surface area contributed by atoms with E-state index in [4.69, 9.17) is 4.74 Å². The van der Waals surface area contributed by atoms with Crippen molar-refractivity contribution in [3.63, 3.8) is 0 Å². The predicted octanol–water partition coefficient (Wildman–Crippen LogP) is 3.70. The van der Waals surface area contributed by atoms with Gasteiger partial charge in [-0.15, -0.1) is 0 Å². The highest BCUT2D eigenvalue weighted by atomic mass is 31.0. The van der Waals surface area contributed by atoms with Crippen molar-refractivity contribution in [1.82, 2.24) is 4.67 Å². The molecule has 0 aliphatic heterocycles. The highest BCUT2D eigenvalue weighted by Gasteiger charge is 2.20. The van der Waals surface area contributed by atoms with Crippen LogP contribution in [0.15, 0.2) is 48.5 Å². The van der Waals surface area contributed by atoms with E-state index in [-0.39, 0.29) is 36.4 Å². The number of rotatable bonds is 8. The van der Waals surface area contributed by atoms with Crippen molar-refractivity contribution in [3.8, 4) is 5.75 Å². The standard InChI is InChI=1S/C18H21N2O4P/c1-13-7-6-10-17(18(13)20(22)23)24-12-16(21)11-19(25)14(2)15-8-4-3-5-9-15/h3-10,14H,11-12,25H2,1-2H3/t14-/m1/s1. The number of nitro benzene ring substituents is 1. The van der Waals surface area contributed by atoms with Crippen LogP contribution in [0.3, 0.4) is 0 Å². The van der Waals surface area contributed by atoms with E-state index in [9.17, 15) is 14.9 Å². The number of carbonyl (C=O) groups excluding carboxylic acids is 1. The molecule has 0 fully saturated rings. The minimum atomic E-state index is -0.491. The third kappa shape index (κ3) is 5.08. The number of benzene rings is 2. The van der Waals surface area contributed by atoms with E-state index in [1.807, 2.05) is 41.9 Å². The van der Waals surface area contributed by atoms with Crippen LogP contribution in [0.4, 0.5) is 5.69 Å². The average Bonchev–Trinajstić information content (AvgIpc) is 2.59. The first-order valence-electron chi connectivity index (χ1n) is 7.85. The molecule has 7 heteroatoms. The average molecular weight is 360 g/mol. The Morgan fingerprint density at radius 1 is 1.24 bits per heavy atom. The second-order valence-electron chi connectivity index (χ2n) is 5.77. The molecule has 0 N–H and O–H groups in total. The van der Waals surface area contributed by atoms with Crippen LogP contribution in [-0.2, 0) is 4.79 Å². The largest absolute Gasteiger partial charge is 0.479 e. The van der Waals surface area contributed by atoms with Gasteiger partial charge in [0.1, 0.15) is 6.61 Å². The first-order chi connectivity index (χ1) is 11.9. The van der Waals surface area contributed by atoms with Crippen LogP contribution in [0.2, 0.25) is 0 Å². The van der Waals surface area contributed by atoms with E-state index in [0.29, 0.717) is 5.56 Å². The minimum absolute atomic E-state index is 0.0449. The van der Waals surface area contributed by atoms with Crippen LogP contribution in [0.25, 0.3) is 0 Å². The Morgan fingerprint density at radius 3 is 2.56 bits per heavy atom. The molecule has 0 amide bonds. The van der Waals surface area contributed by atoms with Crippen LogP contribution < -0.4 is 4.74 Å². The number of ketones is 1. The van der Waals surface area contributed by atoms with Gasteiger partial charge in [0.2, 0.25) is 0 Å². The summed E-state index contributed by atoms with van der Waals surface area (Å²) in [6.45, 7) is 3.59. The Bertz CT molecular complexity index is 752. The molecule has 2 rings (SSSR count). The topological polar surface area (TPSA) is 72.7 Å². The number of hydrogen-bond donors (Lipinski definition) is 0. The Kier molecular flexibility index (Phi) is 6.62. The molecule has 0 bridgehead atoms. The summed E-state index contributed by atoms with van der Waals surface area (Å²) in [7, 11) is 2.55. The summed E-state index contributed by atoms with van der Waals surface area (Å²) in [4.78, 5) is 22.8. The molecule has 2 aromatic rings. The molecule has 2 atom stereocenters. The summed E-state index contributed by atoms with van der Waals surface area (Å²) in [5, 5.41) is 11.1. The lowest BCUT2D eigenvalue weighted by Gasteiger charge is -2.24. The third-order valence-electron chi connectivity index (χ3n) is 3.91. The van der Waals surface area contributed by atoms with E-state index in [2.05, 4.69) is 9.39 Å². The number of Topliss-reactive ketones (excluding diaryl/α,β-unsaturated/α-hetero) is 1. The third-order valence-corrected chi connectivity index (χ3v) is 4.54. The number of nitro groups is 1. The molecule has 0 saturated carbocycles. The Morgan fingerprint density at radius 2 is 1.92 bits per heavy atom. The van der Waals surface area contributed by atoms with Gasteiger partial charge < -0.3 is 4.74 Å². The molecular weight excluding hydrogens is 339 g/mol. The quantitative estimate of drug-likeness (QED) is 0.408. The summed E-state index contributed by atoms with van der Waals surface area (Å²) in [5.74, 6) is -0.0432. The second-order valence-corrected chi connectivity index (χ2v) is 6.43. The zero-order chi connectivity index (χ0) is 18.4. The number of hydrogen-bond acceptors (Lipinski definition) is 5. The van der Waals surface area contributed by atoms with Gasteiger partial charge >= 0.3 is 5.69 Å². The second kappa shape index (κ2) is 8.70. The molecule has 2 aromatic carbocycles. The van der Waals surface area contributed by atoms with Gasteiger partial charge in [0.25, 0.3) is 0 Å². The van der Waals surface area contributed by atoms with Gasteiger partial charge in [-0.3, -0.25) is 19.6 Å². The monoisotopic (exact) mass is 360 g/mol. The van der Waals surface area contributed by atoms with Crippen LogP contribution in [0, 0.1) is 17.0 Å². The summed E-state index contributed by atoms with van der Waals surface area (Å²) < 4.78 is 7.24. The van der Waals surface area contributed by atoms with E-state index >= 15 is 0 Å². The number of nitrogens with zero attached hydrogens (tertiary/aromatic N) is 2. The van der Waals surface area contributed by atoms with Crippen LogP contribution in [-0.4, -0.2) is 28.5 Å². The SMILES string of the molecule is Cc1cccc(OCC(=O)CN(P)[C@H](C)c2ccccc2)c1[N+](=O)[O-]. The molecular formula is C18H21N2O4P. The van der Waals surface area contributed by atoms with Crippen molar-refractivity contribution in [2.75, 3.05) is 13.2 Å². The fraction of sp³-hybridized carbons (Fsp3) is 0.278. The fourth-order valence-electron chi connectivity index (χ4n) is 2.45. The molecule has 0 radical (unpaired) electrons. The summed E-state index contributed by atoms with van der Waals surface area (Å²) in [5.41, 5.74) is 1.50. The van der Waals surface area contributed by atoms with Crippen molar-refractivity contribution < 1.29 is 14.5 Å². The lowest BCUT2D eigenvalue weighted by Crippen LogP contribution is -2.27. The van der Waals surface area contributed by atoms with Crippen LogP contribution in [0.1, 0.15) is 24.1 Å². The molecule has 0 heterocycles. The molecule has 6 nitrogen and oxygen atoms in total. The van der Waals surface area contributed by atoms with E-state index in [0.717, 1.165) is 5.56 Å². The number of carbonyl (C=O) groups is 1. The van der Waals surface area contributed by atoms with Crippen molar-refractivity contribution in [2.24, 2.45) is 0 Å². The van der Waals surface area contributed by atoms with Crippen LogP contribution >= 0.6 is 9.39 Å². The molecule has 132 valence electrons. The lowest BCUT2D eigenvalue weighted by atomic mass is 10.1. The summed E-state index contributed by atoms with van der Waals surface area (Å²) in [6.07, 6.45) is 0. The normalized spacial score (nSPS) is 12.0. The lowest BCUT2D eigenvalue weighted by molar-refractivity contribution is -0.386. The fourth-order valence-corrected chi connectivity index (χ4v) is 2.83. The van der Waals surface area contributed by atoms with Gasteiger partial charge in [-0.2, -0.15) is 0 Å². The zero-order valence-electron chi connectivity index (χ0n) is 14.2. The van der Waals surface area contributed by atoms with Crippen LogP contribution in [0.5, 0.6) is 5.75 Å². The Hall–Kier alpha value is -2.30. The highest BCUT2D eigenvalue weighted by Crippen LogP contribution is 2.30. The van der Waals surface area contributed by atoms with Crippen molar-refractivity contribution in [2.45, 2.75) is 19.9 Å². The predicted molar refractivity (Wildman–Crippen MR) is 99.6 cm³/mol. The summed E-state index contributed by atoms with van der Waals surface area (Å²) >= 11 is 0. The highest BCUT2D eigenvalue weighted by molar-refractivity contribution is 7.13. The molecule has 0 spiro atoms. The maximum absolute atomic E-state index is 12.2. The van der Waals surface area contributed by atoms with Crippen molar-refractivity contribution in [3.05, 3.63) is 69.8 Å². The minimum Gasteiger partial charge on any atom is -0.479 e. The number of para-hydroxylation sites is 1. The van der Waals surface area contributed by atoms with Crippen molar-refractivity contribution in [1.29, 1.82) is 0 Å². The summed E-state index contributed by atoms with van der Waals surface area (Å²) in [6, 6.07) is 14.7. The smallest absolute Gasteiger partial charge is 0.313 e. The number of aryl methyl sites for hydroxylation is 1. The Balaban J connectivity index is 1.95. The van der Waals surface area contributed by atoms with Gasteiger partial charge in [0.15, 0.2) is 11.5 Å².